The first-order valence-corrected chi connectivity index (χ1v) is 7.50. The number of hydrogen-bond acceptors (Lipinski definition) is 3. The molecule has 3 rings (SSSR count). The molecule has 6 heteroatoms. The van der Waals surface area contributed by atoms with E-state index in [1.165, 1.54) is 16.2 Å². The van der Waals surface area contributed by atoms with Crippen molar-refractivity contribution < 1.29 is 14.7 Å². The lowest BCUT2D eigenvalue weighted by Gasteiger charge is -2.20. The molecule has 1 amide bonds. The number of hydrogen-bond donors (Lipinski definition) is 1. The van der Waals surface area contributed by atoms with Crippen molar-refractivity contribution >= 4 is 44.9 Å². The number of aliphatic carboxylic acids is 1. The number of halogens is 1. The lowest BCUT2D eigenvalue weighted by molar-refractivity contribution is -0.141. The summed E-state index contributed by atoms with van der Waals surface area (Å²) in [5.41, 5.74) is 0. The van der Waals surface area contributed by atoms with Gasteiger partial charge in [-0.15, -0.1) is 11.3 Å². The first-order chi connectivity index (χ1) is 9.59. The Bertz CT molecular complexity index is 697. The van der Waals surface area contributed by atoms with E-state index in [0.29, 0.717) is 29.3 Å². The number of carbonyl (C=O) groups is 2. The summed E-state index contributed by atoms with van der Waals surface area (Å²) in [5.74, 6) is -1.23. The van der Waals surface area contributed by atoms with E-state index < -0.39 is 12.0 Å². The maximum atomic E-state index is 12.5. The number of rotatable bonds is 2. The number of benzene rings is 1. The molecule has 20 heavy (non-hydrogen) atoms. The minimum atomic E-state index is -0.951. The first kappa shape index (κ1) is 13.4. The quantitative estimate of drug-likeness (QED) is 0.926. The number of likely N-dealkylation sites (tertiary alicyclic amines) is 1. The van der Waals surface area contributed by atoms with Gasteiger partial charge in [-0.1, -0.05) is 29.8 Å². The van der Waals surface area contributed by atoms with E-state index >= 15 is 0 Å². The normalized spacial score (nSPS) is 18.6. The Morgan fingerprint density at radius 3 is 2.80 bits per heavy atom. The molecular weight excluding hydrogens is 298 g/mol. The van der Waals surface area contributed by atoms with Gasteiger partial charge in [0.25, 0.3) is 5.91 Å². The second-order valence-electron chi connectivity index (χ2n) is 4.74. The van der Waals surface area contributed by atoms with Gasteiger partial charge in [0.05, 0.1) is 5.02 Å². The molecule has 2 aromatic rings. The Morgan fingerprint density at radius 1 is 1.35 bits per heavy atom. The summed E-state index contributed by atoms with van der Waals surface area (Å²) < 4.78 is 0.937. The maximum Gasteiger partial charge on any atom is 0.326 e. The van der Waals surface area contributed by atoms with E-state index in [1.807, 2.05) is 24.3 Å². The summed E-state index contributed by atoms with van der Waals surface area (Å²) in [6.07, 6.45) is 1.22. The van der Waals surface area contributed by atoms with E-state index in [4.69, 9.17) is 16.7 Å². The van der Waals surface area contributed by atoms with E-state index in [1.54, 1.807) is 0 Å². The van der Waals surface area contributed by atoms with Gasteiger partial charge in [-0.05, 0) is 18.9 Å². The third-order valence-corrected chi connectivity index (χ3v) is 5.19. The number of thiophene rings is 1. The molecule has 0 saturated carbocycles. The van der Waals surface area contributed by atoms with Crippen molar-refractivity contribution in [3.05, 3.63) is 34.2 Å². The molecule has 1 N–H and O–H groups in total. The van der Waals surface area contributed by atoms with Crippen LogP contribution >= 0.6 is 22.9 Å². The van der Waals surface area contributed by atoms with Crippen LogP contribution in [0.15, 0.2) is 24.3 Å². The van der Waals surface area contributed by atoms with Crippen LogP contribution in [0.3, 0.4) is 0 Å². The van der Waals surface area contributed by atoms with Crippen LogP contribution in [0.5, 0.6) is 0 Å². The number of amides is 1. The predicted molar refractivity (Wildman–Crippen MR) is 78.5 cm³/mol. The van der Waals surface area contributed by atoms with Crippen LogP contribution in [0.25, 0.3) is 10.1 Å². The molecule has 0 bridgehead atoms. The first-order valence-electron chi connectivity index (χ1n) is 6.30. The summed E-state index contributed by atoms with van der Waals surface area (Å²) in [7, 11) is 0. The van der Waals surface area contributed by atoms with Crippen LogP contribution in [0.1, 0.15) is 22.5 Å². The summed E-state index contributed by atoms with van der Waals surface area (Å²) in [4.78, 5) is 25.6. The van der Waals surface area contributed by atoms with Crippen LogP contribution in [-0.2, 0) is 4.79 Å². The molecule has 0 spiro atoms. The number of carboxylic acids is 1. The SMILES string of the molecule is O=C(O)[C@H]1CCCN1C(=O)c1sc2ccccc2c1Cl. The topological polar surface area (TPSA) is 57.6 Å². The molecule has 0 aliphatic carbocycles. The molecule has 1 atom stereocenters. The van der Waals surface area contributed by atoms with Crippen molar-refractivity contribution in [2.45, 2.75) is 18.9 Å². The fraction of sp³-hybridized carbons (Fsp3) is 0.286. The molecule has 1 aliphatic heterocycles. The molecule has 1 aliphatic rings. The van der Waals surface area contributed by atoms with E-state index in [9.17, 15) is 9.59 Å². The van der Waals surface area contributed by atoms with E-state index in [0.717, 1.165) is 10.1 Å². The largest absolute Gasteiger partial charge is 0.480 e. The molecule has 0 radical (unpaired) electrons. The van der Waals surface area contributed by atoms with Crippen molar-refractivity contribution in [2.75, 3.05) is 6.54 Å². The number of nitrogens with zero attached hydrogens (tertiary/aromatic N) is 1. The Kier molecular flexibility index (Phi) is 3.40. The Hall–Kier alpha value is -1.59. The van der Waals surface area contributed by atoms with Crippen LogP contribution in [0, 0.1) is 0 Å². The van der Waals surface area contributed by atoms with Gasteiger partial charge < -0.3 is 10.0 Å². The Balaban J connectivity index is 2.00. The van der Waals surface area contributed by atoms with Crippen molar-refractivity contribution in [3.8, 4) is 0 Å². The predicted octanol–water partition coefficient (Wildman–Crippen LogP) is 3.24. The van der Waals surface area contributed by atoms with Crippen LogP contribution in [0.2, 0.25) is 5.02 Å². The third-order valence-electron chi connectivity index (χ3n) is 3.53. The molecule has 1 aromatic heterocycles. The zero-order chi connectivity index (χ0) is 14.3. The van der Waals surface area contributed by atoms with Gasteiger partial charge in [-0.3, -0.25) is 4.79 Å². The van der Waals surface area contributed by atoms with Gasteiger partial charge >= 0.3 is 5.97 Å². The molecule has 4 nitrogen and oxygen atoms in total. The van der Waals surface area contributed by atoms with Gasteiger partial charge in [-0.2, -0.15) is 0 Å². The lowest BCUT2D eigenvalue weighted by Crippen LogP contribution is -2.40. The molecule has 0 unspecified atom stereocenters. The fourth-order valence-electron chi connectivity index (χ4n) is 2.55. The van der Waals surface area contributed by atoms with Gasteiger partial charge in [-0.25, -0.2) is 4.79 Å². The Labute approximate surface area is 124 Å². The van der Waals surface area contributed by atoms with Crippen LogP contribution < -0.4 is 0 Å². The molecule has 104 valence electrons. The van der Waals surface area contributed by atoms with Crippen molar-refractivity contribution in [3.63, 3.8) is 0 Å². The second-order valence-corrected chi connectivity index (χ2v) is 6.17. The molecule has 1 saturated heterocycles. The molecule has 2 heterocycles. The van der Waals surface area contributed by atoms with Gasteiger partial charge in [0.15, 0.2) is 0 Å². The van der Waals surface area contributed by atoms with Crippen molar-refractivity contribution in [1.82, 2.24) is 4.90 Å². The minimum Gasteiger partial charge on any atom is -0.480 e. The van der Waals surface area contributed by atoms with Gasteiger partial charge in [0.2, 0.25) is 0 Å². The summed E-state index contributed by atoms with van der Waals surface area (Å²) in [6.45, 7) is 0.473. The highest BCUT2D eigenvalue weighted by Gasteiger charge is 2.36. The number of carbonyl (C=O) groups excluding carboxylic acids is 1. The smallest absolute Gasteiger partial charge is 0.326 e. The monoisotopic (exact) mass is 309 g/mol. The highest BCUT2D eigenvalue weighted by molar-refractivity contribution is 7.21. The lowest BCUT2D eigenvalue weighted by atomic mass is 10.2. The number of carboxylic acid groups (broad SMARTS) is 1. The van der Waals surface area contributed by atoms with Crippen LogP contribution in [-0.4, -0.2) is 34.5 Å². The minimum absolute atomic E-state index is 0.277. The Morgan fingerprint density at radius 2 is 2.10 bits per heavy atom. The molecule has 1 aromatic carbocycles. The average Bonchev–Trinajstić information content (AvgIpc) is 3.04. The average molecular weight is 310 g/mol. The van der Waals surface area contributed by atoms with Crippen molar-refractivity contribution in [2.24, 2.45) is 0 Å². The summed E-state index contributed by atoms with van der Waals surface area (Å²) in [6, 6.07) is 6.79. The van der Waals surface area contributed by atoms with E-state index in [-0.39, 0.29) is 5.91 Å². The maximum absolute atomic E-state index is 12.5. The van der Waals surface area contributed by atoms with Crippen LogP contribution in [0.4, 0.5) is 0 Å². The van der Waals surface area contributed by atoms with E-state index in [2.05, 4.69) is 0 Å². The van der Waals surface area contributed by atoms with Gasteiger partial charge in [0.1, 0.15) is 10.9 Å². The fourth-order valence-corrected chi connectivity index (χ4v) is 4.02. The molecule has 1 fully saturated rings. The van der Waals surface area contributed by atoms with Crippen molar-refractivity contribution in [1.29, 1.82) is 0 Å². The standard InChI is InChI=1S/C14H12ClNO3S/c15-11-8-4-1-2-6-10(8)20-12(11)13(17)16-7-3-5-9(16)14(18)19/h1-2,4,6,9H,3,5,7H2,(H,18,19)/t9-/m1/s1. The second kappa shape index (κ2) is 5.07. The third kappa shape index (κ3) is 2.07. The zero-order valence-electron chi connectivity index (χ0n) is 10.5. The highest BCUT2D eigenvalue weighted by atomic mass is 35.5. The summed E-state index contributed by atoms with van der Waals surface area (Å²) in [5, 5.41) is 10.4. The molecular formula is C14H12ClNO3S. The summed E-state index contributed by atoms with van der Waals surface area (Å²) >= 11 is 7.59. The van der Waals surface area contributed by atoms with Gasteiger partial charge in [0, 0.05) is 16.6 Å². The number of fused-ring (bicyclic) bond motifs is 1. The highest BCUT2D eigenvalue weighted by Crippen LogP contribution is 2.36. The zero-order valence-corrected chi connectivity index (χ0v) is 12.1.